The third-order valence-corrected chi connectivity index (χ3v) is 6.79. The van der Waals surface area contributed by atoms with Crippen LogP contribution in [0, 0.1) is 12.8 Å². The molecule has 4 rings (SSSR count). The molecular weight excluding hydrogens is 440 g/mol. The summed E-state index contributed by atoms with van der Waals surface area (Å²) >= 11 is 2.99. The standard InChI is InChI=1S/C24H24N4O2S2/c1-15(2)12-21-27-28-22(29)13-18(25-24(28)32-21)14-31-20-7-5-4-6-19(20)26-23(30)17-10-8-16(3)9-11-17/h4-11,13,15H,12,14H2,1-3H3,(H,26,30). The van der Waals surface area contributed by atoms with Crippen LogP contribution in [0.4, 0.5) is 5.69 Å². The summed E-state index contributed by atoms with van der Waals surface area (Å²) in [5.74, 6) is 0.826. The van der Waals surface area contributed by atoms with Crippen molar-refractivity contribution in [3.8, 4) is 0 Å². The second-order valence-corrected chi connectivity index (χ2v) is 10.0. The van der Waals surface area contributed by atoms with Crippen molar-refractivity contribution in [1.82, 2.24) is 14.6 Å². The highest BCUT2D eigenvalue weighted by Crippen LogP contribution is 2.30. The van der Waals surface area contributed by atoms with Gasteiger partial charge in [0.15, 0.2) is 0 Å². The van der Waals surface area contributed by atoms with E-state index in [2.05, 4.69) is 29.2 Å². The van der Waals surface area contributed by atoms with Crippen molar-refractivity contribution in [2.75, 3.05) is 5.32 Å². The van der Waals surface area contributed by atoms with E-state index in [9.17, 15) is 9.59 Å². The molecule has 1 amide bonds. The van der Waals surface area contributed by atoms with Gasteiger partial charge in [-0.2, -0.15) is 9.61 Å². The van der Waals surface area contributed by atoms with Gasteiger partial charge in [-0.25, -0.2) is 4.98 Å². The zero-order valence-electron chi connectivity index (χ0n) is 18.2. The molecular formula is C24H24N4O2S2. The number of anilines is 1. The third kappa shape index (κ3) is 5.26. The van der Waals surface area contributed by atoms with Crippen molar-refractivity contribution < 1.29 is 4.79 Å². The van der Waals surface area contributed by atoms with Crippen molar-refractivity contribution in [1.29, 1.82) is 0 Å². The summed E-state index contributed by atoms with van der Waals surface area (Å²) in [4.78, 5) is 31.3. The fraction of sp³-hybridized carbons (Fsp3) is 0.250. The van der Waals surface area contributed by atoms with Gasteiger partial charge in [-0.1, -0.05) is 55.0 Å². The monoisotopic (exact) mass is 464 g/mol. The summed E-state index contributed by atoms with van der Waals surface area (Å²) in [5, 5.41) is 8.31. The summed E-state index contributed by atoms with van der Waals surface area (Å²) in [6.07, 6.45) is 0.825. The quantitative estimate of drug-likeness (QED) is 0.380. The molecule has 4 aromatic rings. The largest absolute Gasteiger partial charge is 0.321 e. The van der Waals surface area contributed by atoms with E-state index in [1.54, 1.807) is 0 Å². The molecule has 164 valence electrons. The zero-order valence-corrected chi connectivity index (χ0v) is 19.8. The molecule has 0 radical (unpaired) electrons. The lowest BCUT2D eigenvalue weighted by molar-refractivity contribution is 0.102. The smallest absolute Gasteiger partial charge is 0.275 e. The van der Waals surface area contributed by atoms with E-state index in [1.807, 2.05) is 55.5 Å². The maximum absolute atomic E-state index is 12.6. The molecule has 0 saturated heterocycles. The first-order valence-electron chi connectivity index (χ1n) is 10.4. The average molecular weight is 465 g/mol. The minimum Gasteiger partial charge on any atom is -0.321 e. The number of amides is 1. The maximum atomic E-state index is 12.6. The molecule has 0 saturated carbocycles. The van der Waals surface area contributed by atoms with Gasteiger partial charge in [-0.3, -0.25) is 9.59 Å². The third-order valence-electron chi connectivity index (χ3n) is 4.75. The summed E-state index contributed by atoms with van der Waals surface area (Å²) in [6.45, 7) is 6.24. The first kappa shape index (κ1) is 22.2. The summed E-state index contributed by atoms with van der Waals surface area (Å²) in [7, 11) is 0. The number of aryl methyl sites for hydroxylation is 1. The first-order chi connectivity index (χ1) is 15.4. The van der Waals surface area contributed by atoms with Crippen LogP contribution >= 0.6 is 23.1 Å². The first-order valence-corrected chi connectivity index (χ1v) is 12.2. The molecule has 0 atom stereocenters. The van der Waals surface area contributed by atoms with Gasteiger partial charge in [0.05, 0.1) is 11.4 Å². The average Bonchev–Trinajstić information content (AvgIpc) is 3.16. The van der Waals surface area contributed by atoms with Gasteiger partial charge in [0, 0.05) is 28.7 Å². The number of rotatable bonds is 7. The lowest BCUT2D eigenvalue weighted by atomic mass is 10.1. The minimum absolute atomic E-state index is 0.154. The van der Waals surface area contributed by atoms with E-state index in [1.165, 1.54) is 33.7 Å². The topological polar surface area (TPSA) is 76.4 Å². The number of fused-ring (bicyclic) bond motifs is 1. The second kappa shape index (κ2) is 9.67. The molecule has 0 bridgehead atoms. The van der Waals surface area contributed by atoms with E-state index < -0.39 is 0 Å². The molecule has 2 aromatic heterocycles. The van der Waals surface area contributed by atoms with Gasteiger partial charge in [-0.15, -0.1) is 11.8 Å². The number of aromatic nitrogens is 3. The fourth-order valence-electron chi connectivity index (χ4n) is 3.15. The summed E-state index contributed by atoms with van der Waals surface area (Å²) in [5.41, 5.74) is 2.98. The van der Waals surface area contributed by atoms with Crippen molar-refractivity contribution in [2.45, 2.75) is 37.8 Å². The SMILES string of the molecule is Cc1ccc(C(=O)Nc2ccccc2SCc2cc(=O)n3nc(CC(C)C)sc3n2)cc1. The van der Waals surface area contributed by atoms with Crippen LogP contribution in [0.1, 0.15) is 40.5 Å². The van der Waals surface area contributed by atoms with Crippen LogP contribution in [0.5, 0.6) is 0 Å². The predicted octanol–water partition coefficient (Wildman–Crippen LogP) is 5.20. The minimum atomic E-state index is -0.169. The Hall–Kier alpha value is -2.97. The molecule has 0 spiro atoms. The molecule has 8 heteroatoms. The van der Waals surface area contributed by atoms with Gasteiger partial charge < -0.3 is 5.32 Å². The molecule has 0 unspecified atom stereocenters. The number of carbonyl (C=O) groups excluding carboxylic acids is 1. The van der Waals surface area contributed by atoms with Crippen LogP contribution in [0.2, 0.25) is 0 Å². The molecule has 6 nitrogen and oxygen atoms in total. The highest BCUT2D eigenvalue weighted by molar-refractivity contribution is 7.98. The highest BCUT2D eigenvalue weighted by Gasteiger charge is 2.13. The second-order valence-electron chi connectivity index (χ2n) is 7.98. The van der Waals surface area contributed by atoms with Crippen LogP contribution in [0.25, 0.3) is 4.96 Å². The van der Waals surface area contributed by atoms with Crippen molar-refractivity contribution in [3.63, 3.8) is 0 Å². The van der Waals surface area contributed by atoms with E-state index in [4.69, 9.17) is 0 Å². The van der Waals surface area contributed by atoms with Crippen LogP contribution in [-0.2, 0) is 12.2 Å². The predicted molar refractivity (Wildman–Crippen MR) is 131 cm³/mol. The summed E-state index contributed by atoms with van der Waals surface area (Å²) < 4.78 is 1.38. The molecule has 0 aliphatic rings. The van der Waals surface area contributed by atoms with E-state index in [-0.39, 0.29) is 11.5 Å². The van der Waals surface area contributed by atoms with E-state index in [0.29, 0.717) is 27.9 Å². The Balaban J connectivity index is 1.50. The van der Waals surface area contributed by atoms with Crippen molar-refractivity contribution in [3.05, 3.63) is 86.8 Å². The fourth-order valence-corrected chi connectivity index (χ4v) is 5.18. The molecule has 2 aromatic carbocycles. The van der Waals surface area contributed by atoms with Gasteiger partial charge in [0.1, 0.15) is 5.01 Å². The van der Waals surface area contributed by atoms with Crippen LogP contribution in [-0.4, -0.2) is 20.5 Å². The Labute approximate surface area is 194 Å². The molecule has 2 heterocycles. The number of carbonyl (C=O) groups is 1. The maximum Gasteiger partial charge on any atom is 0.275 e. The summed E-state index contributed by atoms with van der Waals surface area (Å²) in [6, 6.07) is 16.6. The molecule has 0 aliphatic heterocycles. The van der Waals surface area contributed by atoms with Crippen LogP contribution in [0.15, 0.2) is 64.3 Å². The molecule has 32 heavy (non-hydrogen) atoms. The van der Waals surface area contributed by atoms with Gasteiger partial charge in [0.2, 0.25) is 4.96 Å². The number of nitrogens with one attached hydrogen (secondary N) is 1. The number of para-hydroxylation sites is 1. The van der Waals surface area contributed by atoms with Crippen molar-refractivity contribution in [2.24, 2.45) is 5.92 Å². The molecule has 0 aliphatic carbocycles. The Morgan fingerprint density at radius 1 is 1.16 bits per heavy atom. The van der Waals surface area contributed by atoms with E-state index >= 15 is 0 Å². The number of hydrogen-bond acceptors (Lipinski definition) is 6. The highest BCUT2D eigenvalue weighted by atomic mass is 32.2. The van der Waals surface area contributed by atoms with Crippen LogP contribution in [0.3, 0.4) is 0 Å². The zero-order chi connectivity index (χ0) is 22.7. The van der Waals surface area contributed by atoms with E-state index in [0.717, 1.165) is 27.6 Å². The lowest BCUT2D eigenvalue weighted by Gasteiger charge is -2.11. The van der Waals surface area contributed by atoms with Gasteiger partial charge in [-0.05, 0) is 37.1 Å². The van der Waals surface area contributed by atoms with Crippen LogP contribution < -0.4 is 10.9 Å². The number of hydrogen-bond donors (Lipinski definition) is 1. The van der Waals surface area contributed by atoms with Crippen molar-refractivity contribution >= 4 is 39.7 Å². The Morgan fingerprint density at radius 3 is 2.66 bits per heavy atom. The molecule has 0 fully saturated rings. The normalized spacial score (nSPS) is 11.2. The van der Waals surface area contributed by atoms with Gasteiger partial charge in [0.25, 0.3) is 11.5 Å². The van der Waals surface area contributed by atoms with Gasteiger partial charge >= 0.3 is 0 Å². The number of thioether (sulfide) groups is 1. The number of benzene rings is 2. The molecule has 1 N–H and O–H groups in total. The lowest BCUT2D eigenvalue weighted by Crippen LogP contribution is -2.15. The Bertz CT molecular complexity index is 1310. The Kier molecular flexibility index (Phi) is 6.72. The Morgan fingerprint density at radius 2 is 1.91 bits per heavy atom. The number of nitrogens with zero attached hydrogens (tertiary/aromatic N) is 3.